The lowest BCUT2D eigenvalue weighted by molar-refractivity contribution is 0.181. The van der Waals surface area contributed by atoms with E-state index in [1.165, 1.54) is 43.2 Å². The van der Waals surface area contributed by atoms with Gasteiger partial charge < -0.3 is 0 Å². The summed E-state index contributed by atoms with van der Waals surface area (Å²) in [5, 5.41) is 0. The normalized spacial score (nSPS) is 31.4. The molecule has 4 heteroatoms. The fourth-order valence-corrected chi connectivity index (χ4v) is 8.86. The van der Waals surface area contributed by atoms with Gasteiger partial charge in [0.15, 0.2) is 0 Å². The quantitative estimate of drug-likeness (QED) is 0.327. The molecule has 3 fully saturated rings. The van der Waals surface area contributed by atoms with E-state index in [9.17, 15) is 0 Å². The Labute approximate surface area is 189 Å². The maximum absolute atomic E-state index is 3.68. The van der Waals surface area contributed by atoms with Crippen molar-refractivity contribution in [3.63, 3.8) is 0 Å². The van der Waals surface area contributed by atoms with Crippen LogP contribution >= 0.6 is 63.7 Å². The predicted octanol–water partition coefficient (Wildman–Crippen LogP) is 8.08. The van der Waals surface area contributed by atoms with Crippen molar-refractivity contribution in [3.05, 3.63) is 65.4 Å². The van der Waals surface area contributed by atoms with Crippen molar-refractivity contribution < 1.29 is 0 Å². The summed E-state index contributed by atoms with van der Waals surface area (Å²) in [6.07, 6.45) is 6.94. The summed E-state index contributed by atoms with van der Waals surface area (Å²) in [5.41, 5.74) is 2.95. The highest BCUT2D eigenvalue weighted by Gasteiger charge is 2.61. The number of benzene rings is 2. The second kappa shape index (κ2) is 6.71. The van der Waals surface area contributed by atoms with Gasteiger partial charge in [-0.05, 0) is 84.7 Å². The van der Waals surface area contributed by atoms with Gasteiger partial charge in [-0.2, -0.15) is 0 Å². The van der Waals surface area contributed by atoms with Crippen LogP contribution in [0.4, 0.5) is 0 Å². The number of hydrogen-bond acceptors (Lipinski definition) is 0. The Morgan fingerprint density at radius 1 is 0.769 bits per heavy atom. The third-order valence-corrected chi connectivity index (χ3v) is 8.87. The minimum Gasteiger partial charge on any atom is -0.0527 e. The summed E-state index contributed by atoms with van der Waals surface area (Å²) < 4.78 is 4.14. The molecule has 4 unspecified atom stereocenters. The minimum atomic E-state index is 0.0937. The van der Waals surface area contributed by atoms with Crippen molar-refractivity contribution in [1.29, 1.82) is 0 Å². The number of halogens is 4. The van der Waals surface area contributed by atoms with Crippen molar-refractivity contribution in [2.24, 2.45) is 23.7 Å². The molecule has 2 radical (unpaired) electrons. The second-order valence-corrected chi connectivity index (χ2v) is 11.6. The van der Waals surface area contributed by atoms with Crippen LogP contribution in [0.5, 0.6) is 0 Å². The molecular formula is C22H18Br4. The van der Waals surface area contributed by atoms with Gasteiger partial charge in [-0.15, -0.1) is 0 Å². The Hall–Kier alpha value is 0.360. The lowest BCUT2D eigenvalue weighted by Crippen LogP contribution is -2.40. The van der Waals surface area contributed by atoms with Gasteiger partial charge in [0.2, 0.25) is 0 Å². The largest absolute Gasteiger partial charge is 0.0527 e. The van der Waals surface area contributed by atoms with Crippen LogP contribution in [0.2, 0.25) is 0 Å². The Balaban J connectivity index is 1.74. The van der Waals surface area contributed by atoms with Crippen molar-refractivity contribution in [1.82, 2.24) is 0 Å². The van der Waals surface area contributed by atoms with Crippen LogP contribution in [0.3, 0.4) is 0 Å². The molecule has 0 saturated heterocycles. The molecule has 0 nitrogen and oxygen atoms in total. The Morgan fingerprint density at radius 3 is 1.81 bits per heavy atom. The van der Waals surface area contributed by atoms with Crippen LogP contribution in [-0.4, -0.2) is 0 Å². The number of fused-ring (bicyclic) bond motifs is 5. The SMILES string of the molecule is Brc1[c]c(Br)cc(C2(c3cc(Br)[c]c(Br)c3)CC3CC2C2CCCC32)c1. The molecule has 2 aromatic rings. The molecule has 5 rings (SSSR count). The second-order valence-electron chi connectivity index (χ2n) is 8.17. The molecule has 0 spiro atoms. The zero-order valence-corrected chi connectivity index (χ0v) is 20.5. The fourth-order valence-electron chi connectivity index (χ4n) is 6.49. The van der Waals surface area contributed by atoms with E-state index in [1.54, 1.807) is 0 Å². The monoisotopic (exact) mass is 598 g/mol. The highest BCUT2D eigenvalue weighted by atomic mass is 79.9. The van der Waals surface area contributed by atoms with E-state index >= 15 is 0 Å². The average molecular weight is 602 g/mol. The first-order chi connectivity index (χ1) is 12.5. The summed E-state index contributed by atoms with van der Waals surface area (Å²) in [6.45, 7) is 0. The van der Waals surface area contributed by atoms with E-state index < -0.39 is 0 Å². The van der Waals surface area contributed by atoms with Crippen LogP contribution in [0, 0.1) is 35.8 Å². The Kier molecular flexibility index (Phi) is 4.75. The molecule has 0 aromatic heterocycles. The first-order valence-corrected chi connectivity index (χ1v) is 12.4. The van der Waals surface area contributed by atoms with Gasteiger partial charge in [0.05, 0.1) is 0 Å². The van der Waals surface area contributed by atoms with E-state index in [2.05, 4.69) is 100 Å². The van der Waals surface area contributed by atoms with Crippen molar-refractivity contribution in [2.75, 3.05) is 0 Å². The lowest BCUT2D eigenvalue weighted by Gasteiger charge is -2.44. The molecule has 3 aliphatic rings. The van der Waals surface area contributed by atoms with Gasteiger partial charge in [0, 0.05) is 35.4 Å². The van der Waals surface area contributed by atoms with E-state index in [1.807, 2.05) is 0 Å². The zero-order valence-electron chi connectivity index (χ0n) is 14.2. The van der Waals surface area contributed by atoms with Crippen LogP contribution in [0.25, 0.3) is 0 Å². The van der Waals surface area contributed by atoms with E-state index in [0.29, 0.717) is 0 Å². The molecule has 0 N–H and O–H groups in total. The highest BCUT2D eigenvalue weighted by molar-refractivity contribution is 9.11. The highest BCUT2D eigenvalue weighted by Crippen LogP contribution is 2.68. The Bertz CT molecular complexity index is 782. The predicted molar refractivity (Wildman–Crippen MR) is 119 cm³/mol. The smallest absolute Gasteiger partial charge is 0.0268 e. The maximum Gasteiger partial charge on any atom is 0.0268 e. The van der Waals surface area contributed by atoms with E-state index in [-0.39, 0.29) is 5.41 Å². The molecule has 3 saturated carbocycles. The molecule has 0 amide bonds. The zero-order chi connectivity index (χ0) is 18.1. The van der Waals surface area contributed by atoms with Gasteiger partial charge in [0.1, 0.15) is 0 Å². The summed E-state index contributed by atoms with van der Waals surface area (Å²) >= 11 is 14.7. The van der Waals surface area contributed by atoms with Crippen LogP contribution in [0.15, 0.2) is 42.2 Å². The van der Waals surface area contributed by atoms with Crippen LogP contribution in [-0.2, 0) is 5.41 Å². The van der Waals surface area contributed by atoms with Gasteiger partial charge in [0.25, 0.3) is 0 Å². The number of rotatable bonds is 2. The number of hydrogen-bond donors (Lipinski definition) is 0. The summed E-state index contributed by atoms with van der Waals surface area (Å²) in [5.74, 6) is 3.47. The minimum absolute atomic E-state index is 0.0937. The summed E-state index contributed by atoms with van der Waals surface area (Å²) in [7, 11) is 0. The molecule has 2 aromatic carbocycles. The van der Waals surface area contributed by atoms with E-state index in [0.717, 1.165) is 41.6 Å². The van der Waals surface area contributed by atoms with Crippen molar-refractivity contribution in [3.8, 4) is 0 Å². The molecule has 4 atom stereocenters. The molecular weight excluding hydrogens is 584 g/mol. The maximum atomic E-state index is 3.68. The first-order valence-electron chi connectivity index (χ1n) is 9.25. The lowest BCUT2D eigenvalue weighted by atomic mass is 9.59. The standard InChI is InChI=1S/C22H18Br4/c23-15-5-13(6-16(24)9-15)22(14-7-17(25)10-18(26)8-14)11-12-4-21(22)20-3-1-2-19(12)20/h5-8,12,19-21H,1-4,11H2. The van der Waals surface area contributed by atoms with Gasteiger partial charge in [-0.25, -0.2) is 0 Å². The van der Waals surface area contributed by atoms with Crippen LogP contribution in [0.1, 0.15) is 43.2 Å². The van der Waals surface area contributed by atoms with Gasteiger partial charge in [-0.1, -0.05) is 70.1 Å². The van der Waals surface area contributed by atoms with Crippen molar-refractivity contribution in [2.45, 2.75) is 37.5 Å². The van der Waals surface area contributed by atoms with Gasteiger partial charge >= 0.3 is 0 Å². The molecule has 0 heterocycles. The average Bonchev–Trinajstić information content (AvgIpc) is 3.25. The molecule has 134 valence electrons. The molecule has 3 aliphatic carbocycles. The van der Waals surface area contributed by atoms with Crippen molar-refractivity contribution >= 4 is 63.7 Å². The third-order valence-electron chi connectivity index (χ3n) is 7.16. The van der Waals surface area contributed by atoms with E-state index in [4.69, 9.17) is 0 Å². The fraction of sp³-hybridized carbons (Fsp3) is 0.455. The molecule has 0 aliphatic heterocycles. The summed E-state index contributed by atoms with van der Waals surface area (Å²) in [4.78, 5) is 0. The van der Waals surface area contributed by atoms with Gasteiger partial charge in [-0.3, -0.25) is 0 Å². The molecule has 2 bridgehead atoms. The summed E-state index contributed by atoms with van der Waals surface area (Å²) in [6, 6.07) is 15.8. The third kappa shape index (κ3) is 2.76. The topological polar surface area (TPSA) is 0 Å². The molecule has 26 heavy (non-hydrogen) atoms. The Morgan fingerprint density at radius 2 is 1.27 bits per heavy atom. The first kappa shape index (κ1) is 18.4. The van der Waals surface area contributed by atoms with Crippen LogP contribution < -0.4 is 0 Å².